The highest BCUT2D eigenvalue weighted by Gasteiger charge is 2.47. The molecule has 2 heterocycles. The van der Waals surface area contributed by atoms with Gasteiger partial charge in [0.25, 0.3) is 0 Å². The van der Waals surface area contributed by atoms with E-state index in [-0.39, 0.29) is 12.1 Å². The molecule has 1 aromatic heterocycles. The monoisotopic (exact) mass is 484 g/mol. The van der Waals surface area contributed by atoms with Gasteiger partial charge in [0.1, 0.15) is 11.1 Å². The summed E-state index contributed by atoms with van der Waals surface area (Å²) in [5, 5.41) is 12.1. The van der Waals surface area contributed by atoms with Crippen LogP contribution in [-0.2, 0) is 10.3 Å². The predicted molar refractivity (Wildman–Crippen MR) is 138 cm³/mol. The average Bonchev–Trinajstić information content (AvgIpc) is 3.75. The third-order valence-electron chi connectivity index (χ3n) is 7.38. The minimum absolute atomic E-state index is 0.166. The van der Waals surface area contributed by atoms with Crippen LogP contribution in [0.15, 0.2) is 71.9 Å². The topological polar surface area (TPSA) is 84.8 Å². The molecule has 3 aromatic rings. The molecule has 0 radical (unpaired) electrons. The quantitative estimate of drug-likeness (QED) is 0.330. The fraction of sp³-hybridized carbons (Fsp3) is 0.414. The Morgan fingerprint density at radius 1 is 1.06 bits per heavy atom. The number of ether oxygens (including phenoxy) is 1. The van der Waals surface area contributed by atoms with Crippen LogP contribution in [0, 0.1) is 4.91 Å². The molecule has 2 aromatic carbocycles. The summed E-state index contributed by atoms with van der Waals surface area (Å²) in [4.78, 5) is 26.6. The lowest BCUT2D eigenvalue weighted by molar-refractivity contribution is -0.0738. The number of cyclic esters (lactones) is 1. The Labute approximate surface area is 211 Å². The van der Waals surface area contributed by atoms with E-state index in [1.807, 2.05) is 67.6 Å². The highest BCUT2D eigenvalue weighted by molar-refractivity contribution is 5.70. The van der Waals surface area contributed by atoms with Crippen molar-refractivity contribution in [3.8, 4) is 11.3 Å². The molecule has 2 atom stereocenters. The summed E-state index contributed by atoms with van der Waals surface area (Å²) in [6.45, 7) is 6.07. The van der Waals surface area contributed by atoms with Gasteiger partial charge >= 0.3 is 6.09 Å². The van der Waals surface area contributed by atoms with Crippen molar-refractivity contribution < 1.29 is 9.53 Å². The van der Waals surface area contributed by atoms with Crippen LogP contribution in [0.4, 0.5) is 4.79 Å². The molecular weight excluding hydrogens is 452 g/mol. The minimum atomic E-state index is -0.888. The van der Waals surface area contributed by atoms with Crippen LogP contribution in [-0.4, -0.2) is 33.3 Å². The maximum atomic E-state index is 13.3. The summed E-state index contributed by atoms with van der Waals surface area (Å²) < 4.78 is 6.15. The number of carbonyl (C=O) groups is 1. The van der Waals surface area contributed by atoms with Gasteiger partial charge in [-0.2, -0.15) is 15.1 Å². The minimum Gasteiger partial charge on any atom is -0.438 e. The van der Waals surface area contributed by atoms with E-state index >= 15 is 0 Å². The van der Waals surface area contributed by atoms with E-state index in [1.54, 1.807) is 18.7 Å². The van der Waals surface area contributed by atoms with Crippen molar-refractivity contribution in [3.05, 3.63) is 88.5 Å². The number of nitrogens with zero attached hydrogens (tertiary/aromatic N) is 4. The predicted octanol–water partition coefficient (Wildman–Crippen LogP) is 6.75. The van der Waals surface area contributed by atoms with Gasteiger partial charge in [0.05, 0.1) is 17.4 Å². The van der Waals surface area contributed by atoms with Crippen LogP contribution in [0.2, 0.25) is 0 Å². The van der Waals surface area contributed by atoms with Gasteiger partial charge in [0.2, 0.25) is 0 Å². The summed E-state index contributed by atoms with van der Waals surface area (Å²) in [7, 11) is 0. The lowest BCUT2D eigenvalue weighted by Gasteiger charge is -2.45. The fourth-order valence-electron chi connectivity index (χ4n) is 5.13. The number of benzene rings is 2. The highest BCUT2D eigenvalue weighted by Crippen LogP contribution is 2.43. The van der Waals surface area contributed by atoms with Crippen LogP contribution >= 0.6 is 0 Å². The Bertz CT molecular complexity index is 1220. The molecule has 0 spiro atoms. The molecule has 0 N–H and O–H groups in total. The summed E-state index contributed by atoms with van der Waals surface area (Å²) in [5.41, 5.74) is 3.07. The van der Waals surface area contributed by atoms with Crippen LogP contribution < -0.4 is 0 Å². The van der Waals surface area contributed by atoms with Gasteiger partial charge in [-0.3, -0.25) is 0 Å². The molecule has 1 aliphatic heterocycles. The van der Waals surface area contributed by atoms with Gasteiger partial charge in [0, 0.05) is 30.9 Å². The van der Waals surface area contributed by atoms with E-state index in [4.69, 9.17) is 4.74 Å². The van der Waals surface area contributed by atoms with Gasteiger partial charge in [0.15, 0.2) is 0 Å². The molecule has 186 valence electrons. The number of aromatic nitrogens is 2. The first-order chi connectivity index (χ1) is 17.3. The summed E-state index contributed by atoms with van der Waals surface area (Å²) in [6.07, 6.45) is 2.93. The Balaban J connectivity index is 1.32. The van der Waals surface area contributed by atoms with E-state index in [0.717, 1.165) is 28.1 Å². The molecule has 0 bridgehead atoms. The van der Waals surface area contributed by atoms with Crippen molar-refractivity contribution in [1.82, 2.24) is 15.1 Å². The molecule has 7 heteroatoms. The molecule has 7 nitrogen and oxygen atoms in total. The molecule has 1 saturated heterocycles. The molecule has 1 aliphatic carbocycles. The number of amides is 1. The SMILES string of the molecule is C[C@@H](c1ccc(-c2ccc(C3CC3)nn2)cc1)N1CC[C@](CC(C)(C)N=O)(c2ccccc2)OC1=O. The van der Waals surface area contributed by atoms with Crippen LogP contribution in [0.1, 0.15) is 75.2 Å². The van der Waals surface area contributed by atoms with Crippen molar-refractivity contribution in [2.45, 2.75) is 69.6 Å². The van der Waals surface area contributed by atoms with E-state index in [2.05, 4.69) is 21.4 Å². The Morgan fingerprint density at radius 2 is 1.78 bits per heavy atom. The number of nitroso groups, excluding NO2 is 1. The summed E-state index contributed by atoms with van der Waals surface area (Å²) in [6, 6.07) is 21.7. The normalized spacial score (nSPS) is 21.1. The van der Waals surface area contributed by atoms with E-state index < -0.39 is 11.1 Å². The van der Waals surface area contributed by atoms with Crippen molar-refractivity contribution >= 4 is 6.09 Å². The standard InChI is InChI=1S/C29H32N4O3/c1-20(21-9-11-22(12-10-21)25-15-16-26(31-30-25)23-13-14-23)33-18-17-29(36-27(33)34,19-28(2,3)32-35)24-7-5-4-6-8-24/h4-12,15-16,20,23H,13-14,17-19H2,1-3H3/t20-,29-/m0/s1. The van der Waals surface area contributed by atoms with Crippen LogP contribution in [0.5, 0.6) is 0 Å². The Kier molecular flexibility index (Phi) is 6.33. The molecule has 0 unspecified atom stereocenters. The van der Waals surface area contributed by atoms with Gasteiger partial charge in [-0.25, -0.2) is 4.79 Å². The average molecular weight is 485 g/mol. The molecular formula is C29H32N4O3. The summed E-state index contributed by atoms with van der Waals surface area (Å²) >= 11 is 0. The van der Waals surface area contributed by atoms with E-state index in [0.29, 0.717) is 25.3 Å². The van der Waals surface area contributed by atoms with Crippen molar-refractivity contribution in [2.24, 2.45) is 5.18 Å². The largest absolute Gasteiger partial charge is 0.438 e. The lowest BCUT2D eigenvalue weighted by atomic mass is 9.79. The molecule has 1 amide bonds. The molecule has 1 saturated carbocycles. The van der Waals surface area contributed by atoms with E-state index in [9.17, 15) is 9.70 Å². The van der Waals surface area contributed by atoms with Gasteiger partial charge in [-0.05, 0) is 56.9 Å². The van der Waals surface area contributed by atoms with Gasteiger partial charge in [-0.15, -0.1) is 0 Å². The fourth-order valence-corrected chi connectivity index (χ4v) is 5.13. The van der Waals surface area contributed by atoms with Gasteiger partial charge < -0.3 is 9.64 Å². The Hall–Kier alpha value is -3.61. The maximum absolute atomic E-state index is 13.3. The number of rotatable bonds is 8. The number of hydrogen-bond acceptors (Lipinski definition) is 6. The summed E-state index contributed by atoms with van der Waals surface area (Å²) in [5.74, 6) is 0.584. The zero-order chi connectivity index (χ0) is 25.3. The smallest absolute Gasteiger partial charge is 0.411 e. The van der Waals surface area contributed by atoms with Crippen LogP contribution in [0.25, 0.3) is 11.3 Å². The third-order valence-corrected chi connectivity index (χ3v) is 7.38. The van der Waals surface area contributed by atoms with Gasteiger partial charge in [-0.1, -0.05) is 59.8 Å². The molecule has 2 aliphatic rings. The second-order valence-corrected chi connectivity index (χ2v) is 10.7. The first-order valence-electron chi connectivity index (χ1n) is 12.6. The first kappa shape index (κ1) is 24.1. The van der Waals surface area contributed by atoms with Crippen molar-refractivity contribution in [3.63, 3.8) is 0 Å². The number of hydrogen-bond donors (Lipinski definition) is 0. The zero-order valence-electron chi connectivity index (χ0n) is 21.1. The molecule has 5 rings (SSSR count). The Morgan fingerprint density at radius 3 is 2.36 bits per heavy atom. The lowest BCUT2D eigenvalue weighted by Crippen LogP contribution is -2.50. The van der Waals surface area contributed by atoms with Crippen molar-refractivity contribution in [1.29, 1.82) is 0 Å². The zero-order valence-corrected chi connectivity index (χ0v) is 21.1. The molecule has 2 fully saturated rings. The van der Waals surface area contributed by atoms with Crippen LogP contribution in [0.3, 0.4) is 0 Å². The van der Waals surface area contributed by atoms with Crippen molar-refractivity contribution in [2.75, 3.05) is 6.54 Å². The highest BCUT2D eigenvalue weighted by atomic mass is 16.6. The maximum Gasteiger partial charge on any atom is 0.411 e. The second kappa shape index (κ2) is 9.45. The molecule has 36 heavy (non-hydrogen) atoms. The second-order valence-electron chi connectivity index (χ2n) is 10.7. The third kappa shape index (κ3) is 4.87. The first-order valence-corrected chi connectivity index (χ1v) is 12.6. The van der Waals surface area contributed by atoms with E-state index in [1.165, 1.54) is 12.8 Å². The number of carbonyl (C=O) groups excluding carboxylic acids is 1.